The van der Waals surface area contributed by atoms with Crippen molar-refractivity contribution in [2.45, 2.75) is 6.54 Å². The molecule has 154 valence electrons. The van der Waals surface area contributed by atoms with Gasteiger partial charge < -0.3 is 10.2 Å². The fourth-order valence-corrected chi connectivity index (χ4v) is 4.39. The maximum Gasteiger partial charge on any atom is 0.251 e. The van der Waals surface area contributed by atoms with Crippen molar-refractivity contribution < 1.29 is 13.4 Å². The molecule has 1 amide bonds. The molecule has 0 spiro atoms. The molecule has 0 saturated carbocycles. The van der Waals surface area contributed by atoms with Gasteiger partial charge >= 0.3 is 0 Å². The molecule has 0 atom stereocenters. The highest BCUT2D eigenvalue weighted by molar-refractivity contribution is 7.85. The zero-order chi connectivity index (χ0) is 20.9. The van der Waals surface area contributed by atoms with Crippen LogP contribution in [0.5, 0.6) is 0 Å². The number of aromatic nitrogens is 1. The van der Waals surface area contributed by atoms with Crippen molar-refractivity contribution in [1.29, 1.82) is 0 Å². The number of carbonyl (C=O) groups excluding carboxylic acids is 1. The van der Waals surface area contributed by atoms with Crippen LogP contribution in [-0.2, 0) is 17.3 Å². The lowest BCUT2D eigenvalue weighted by molar-refractivity contribution is 0.0951. The first-order chi connectivity index (χ1) is 14.6. The van der Waals surface area contributed by atoms with Crippen molar-refractivity contribution in [2.75, 3.05) is 29.5 Å². The average molecular weight is 424 g/mol. The van der Waals surface area contributed by atoms with E-state index >= 15 is 0 Å². The Morgan fingerprint density at radius 2 is 1.80 bits per heavy atom. The average Bonchev–Trinajstić information content (AvgIpc) is 2.78. The molecule has 0 bridgehead atoms. The van der Waals surface area contributed by atoms with Crippen LogP contribution < -0.4 is 10.2 Å². The second-order valence-corrected chi connectivity index (χ2v) is 8.83. The minimum atomic E-state index is -0.713. The highest BCUT2D eigenvalue weighted by Gasteiger charge is 2.16. The van der Waals surface area contributed by atoms with E-state index in [1.165, 1.54) is 12.1 Å². The van der Waals surface area contributed by atoms with Crippen LogP contribution in [0.3, 0.4) is 0 Å². The highest BCUT2D eigenvalue weighted by Crippen LogP contribution is 2.20. The first-order valence-corrected chi connectivity index (χ1v) is 11.3. The predicted octanol–water partition coefficient (Wildman–Crippen LogP) is 3.39. The molecule has 2 aromatic carbocycles. The molecule has 1 aliphatic rings. The van der Waals surface area contributed by atoms with E-state index in [9.17, 15) is 13.4 Å². The third-order valence-corrected chi connectivity index (χ3v) is 6.34. The Hall–Kier alpha value is -3.06. The molecule has 3 aromatic rings. The van der Waals surface area contributed by atoms with Gasteiger partial charge in [0.2, 0.25) is 0 Å². The van der Waals surface area contributed by atoms with E-state index in [1.807, 2.05) is 30.3 Å². The molecule has 2 heterocycles. The molecule has 1 saturated heterocycles. The molecule has 1 aromatic heterocycles. The van der Waals surface area contributed by atoms with E-state index in [0.29, 0.717) is 23.6 Å². The Morgan fingerprint density at radius 1 is 1.03 bits per heavy atom. The zero-order valence-corrected chi connectivity index (χ0v) is 17.2. The van der Waals surface area contributed by atoms with Crippen LogP contribution in [0, 0.1) is 5.82 Å². The Labute approximate surface area is 177 Å². The molecule has 0 unspecified atom stereocenters. The molecule has 0 aliphatic carbocycles. The van der Waals surface area contributed by atoms with Gasteiger partial charge in [-0.15, -0.1) is 0 Å². The van der Waals surface area contributed by atoms with E-state index in [-0.39, 0.29) is 11.7 Å². The molecule has 30 heavy (non-hydrogen) atoms. The van der Waals surface area contributed by atoms with Crippen molar-refractivity contribution in [3.8, 4) is 11.1 Å². The lowest BCUT2D eigenvalue weighted by Crippen LogP contribution is -2.38. The highest BCUT2D eigenvalue weighted by atomic mass is 32.2. The summed E-state index contributed by atoms with van der Waals surface area (Å²) in [5.74, 6) is 1.76. The number of carbonyl (C=O) groups is 1. The van der Waals surface area contributed by atoms with Crippen molar-refractivity contribution in [3.05, 3.63) is 83.8 Å². The Morgan fingerprint density at radius 3 is 2.47 bits per heavy atom. The summed E-state index contributed by atoms with van der Waals surface area (Å²) >= 11 is 0. The fourth-order valence-electron chi connectivity index (χ4n) is 3.34. The van der Waals surface area contributed by atoms with Crippen molar-refractivity contribution in [1.82, 2.24) is 10.3 Å². The maximum absolute atomic E-state index is 13.4. The Kier molecular flexibility index (Phi) is 6.18. The second kappa shape index (κ2) is 9.17. The van der Waals surface area contributed by atoms with Gasteiger partial charge in [0.15, 0.2) is 0 Å². The Balaban J connectivity index is 1.33. The van der Waals surface area contributed by atoms with Crippen LogP contribution in [0.1, 0.15) is 15.9 Å². The van der Waals surface area contributed by atoms with Gasteiger partial charge in [-0.05, 0) is 47.0 Å². The smallest absolute Gasteiger partial charge is 0.251 e. The summed E-state index contributed by atoms with van der Waals surface area (Å²) in [5.41, 5.74) is 3.07. The lowest BCUT2D eigenvalue weighted by atomic mass is 10.0. The first-order valence-electron chi connectivity index (χ1n) is 9.77. The summed E-state index contributed by atoms with van der Waals surface area (Å²) < 4.78 is 24.9. The van der Waals surface area contributed by atoms with Gasteiger partial charge in [0, 0.05) is 53.7 Å². The van der Waals surface area contributed by atoms with E-state index in [2.05, 4.69) is 15.2 Å². The van der Waals surface area contributed by atoms with Crippen molar-refractivity contribution in [2.24, 2.45) is 0 Å². The van der Waals surface area contributed by atoms with E-state index in [4.69, 9.17) is 0 Å². The molecule has 1 aliphatic heterocycles. The summed E-state index contributed by atoms with van der Waals surface area (Å²) in [5, 5.41) is 2.90. The molecule has 4 rings (SSSR count). The van der Waals surface area contributed by atoms with Gasteiger partial charge in [0.1, 0.15) is 11.6 Å². The van der Waals surface area contributed by atoms with Gasteiger partial charge in [-0.25, -0.2) is 9.37 Å². The summed E-state index contributed by atoms with van der Waals surface area (Å²) in [4.78, 5) is 19.0. The molecular formula is C23H22FN3O2S. The predicted molar refractivity (Wildman–Crippen MR) is 117 cm³/mol. The van der Waals surface area contributed by atoms with E-state index < -0.39 is 10.8 Å². The number of hydrogen-bond acceptors (Lipinski definition) is 4. The topological polar surface area (TPSA) is 62.3 Å². The minimum Gasteiger partial charge on any atom is -0.355 e. The van der Waals surface area contributed by atoms with Crippen LogP contribution in [0.25, 0.3) is 11.1 Å². The molecule has 1 fully saturated rings. The second-order valence-electron chi connectivity index (χ2n) is 7.13. The summed E-state index contributed by atoms with van der Waals surface area (Å²) in [6, 6.07) is 17.3. The number of pyridine rings is 1. The molecule has 0 radical (unpaired) electrons. The molecular weight excluding hydrogens is 401 g/mol. The Bertz CT molecular complexity index is 1040. The van der Waals surface area contributed by atoms with Gasteiger partial charge in [-0.2, -0.15) is 0 Å². The van der Waals surface area contributed by atoms with Crippen molar-refractivity contribution in [3.63, 3.8) is 0 Å². The number of rotatable bonds is 5. The zero-order valence-electron chi connectivity index (χ0n) is 16.4. The summed E-state index contributed by atoms with van der Waals surface area (Å²) in [7, 11) is -0.713. The number of benzene rings is 2. The molecule has 5 nitrogen and oxygen atoms in total. The van der Waals surface area contributed by atoms with Crippen LogP contribution in [0.15, 0.2) is 66.9 Å². The normalized spacial score (nSPS) is 14.5. The number of nitrogens with one attached hydrogen (secondary N) is 1. The number of hydrogen-bond donors (Lipinski definition) is 1. The van der Waals surface area contributed by atoms with Crippen LogP contribution >= 0.6 is 0 Å². The molecule has 7 heteroatoms. The fraction of sp³-hybridized carbons (Fsp3) is 0.217. The third kappa shape index (κ3) is 4.91. The standard InChI is InChI=1S/C23H22FN3O2S/c24-21-3-1-2-20(14-21)18-5-7-19(8-6-18)23(28)26-16-17-4-9-22(25-15-17)27-10-12-30(29)13-11-27/h1-9,14-15H,10-13,16H2,(H,26,28). The van der Waals surface area contributed by atoms with Crippen LogP contribution in [0.2, 0.25) is 0 Å². The number of amides is 1. The summed E-state index contributed by atoms with van der Waals surface area (Å²) in [6.45, 7) is 1.88. The van der Waals surface area contributed by atoms with Crippen LogP contribution in [0.4, 0.5) is 10.2 Å². The minimum absolute atomic E-state index is 0.177. The van der Waals surface area contributed by atoms with Crippen LogP contribution in [-0.4, -0.2) is 39.7 Å². The van der Waals surface area contributed by atoms with Crippen molar-refractivity contribution >= 4 is 22.5 Å². The quantitative estimate of drug-likeness (QED) is 0.683. The van der Waals surface area contributed by atoms with Gasteiger partial charge in [0.25, 0.3) is 5.91 Å². The van der Waals surface area contributed by atoms with Gasteiger partial charge in [0.05, 0.1) is 0 Å². The summed E-state index contributed by atoms with van der Waals surface area (Å²) in [6.07, 6.45) is 1.76. The largest absolute Gasteiger partial charge is 0.355 e. The number of anilines is 1. The third-order valence-electron chi connectivity index (χ3n) is 5.07. The first kappa shape index (κ1) is 20.2. The van der Waals surface area contributed by atoms with Gasteiger partial charge in [-0.1, -0.05) is 30.3 Å². The lowest BCUT2D eigenvalue weighted by Gasteiger charge is -2.27. The molecule has 1 N–H and O–H groups in total. The number of nitrogens with zero attached hydrogens (tertiary/aromatic N) is 2. The van der Waals surface area contributed by atoms with E-state index in [0.717, 1.165) is 35.6 Å². The monoisotopic (exact) mass is 423 g/mol. The van der Waals surface area contributed by atoms with E-state index in [1.54, 1.807) is 24.4 Å². The van der Waals surface area contributed by atoms with Gasteiger partial charge in [-0.3, -0.25) is 9.00 Å². The number of halogens is 1. The maximum atomic E-state index is 13.4. The SMILES string of the molecule is O=C(NCc1ccc(N2CCS(=O)CC2)nc1)c1ccc(-c2cccc(F)c2)cc1.